The summed E-state index contributed by atoms with van der Waals surface area (Å²) in [6.07, 6.45) is 1.78. The van der Waals surface area contributed by atoms with Crippen molar-refractivity contribution in [2.75, 3.05) is 10.6 Å². The molecule has 0 fully saturated rings. The van der Waals surface area contributed by atoms with Gasteiger partial charge < -0.3 is 10.6 Å². The molecular formula is C19H16BrN3O. The van der Waals surface area contributed by atoms with Gasteiger partial charge in [-0.05, 0) is 64.5 Å². The summed E-state index contributed by atoms with van der Waals surface area (Å²) in [4.78, 5) is 16.5. The molecule has 0 unspecified atom stereocenters. The Hall–Kier alpha value is -2.66. The Morgan fingerprint density at radius 3 is 2.33 bits per heavy atom. The van der Waals surface area contributed by atoms with E-state index in [9.17, 15) is 4.79 Å². The van der Waals surface area contributed by atoms with Gasteiger partial charge in [0.1, 0.15) is 0 Å². The summed E-state index contributed by atoms with van der Waals surface area (Å²) in [5.74, 6) is -0.142. The normalized spacial score (nSPS) is 10.2. The van der Waals surface area contributed by atoms with Crippen LogP contribution in [0.1, 0.15) is 16.1 Å². The number of carbonyl (C=O) groups excluding carboxylic acids is 1. The molecule has 0 atom stereocenters. The van der Waals surface area contributed by atoms with Crippen molar-refractivity contribution in [3.63, 3.8) is 0 Å². The summed E-state index contributed by atoms with van der Waals surface area (Å²) >= 11 is 3.39. The van der Waals surface area contributed by atoms with E-state index < -0.39 is 0 Å². The minimum Gasteiger partial charge on any atom is -0.379 e. The van der Waals surface area contributed by atoms with Gasteiger partial charge in [-0.15, -0.1) is 0 Å². The highest BCUT2D eigenvalue weighted by Gasteiger charge is 2.09. The summed E-state index contributed by atoms with van der Waals surface area (Å²) in [6.45, 7) is 0.656. The highest BCUT2D eigenvalue weighted by atomic mass is 79.9. The molecule has 3 aromatic rings. The lowest BCUT2D eigenvalue weighted by molar-refractivity contribution is 0.102. The van der Waals surface area contributed by atoms with Gasteiger partial charge in [-0.25, -0.2) is 0 Å². The number of nitrogens with one attached hydrogen (secondary N) is 2. The first-order valence-electron chi connectivity index (χ1n) is 7.52. The van der Waals surface area contributed by atoms with E-state index in [1.54, 1.807) is 12.3 Å². The zero-order valence-electron chi connectivity index (χ0n) is 12.9. The van der Waals surface area contributed by atoms with Crippen LogP contribution in [0, 0.1) is 0 Å². The number of rotatable bonds is 5. The molecule has 0 aliphatic carbocycles. The van der Waals surface area contributed by atoms with Crippen LogP contribution >= 0.6 is 15.9 Å². The van der Waals surface area contributed by atoms with Crippen LogP contribution in [0.2, 0.25) is 0 Å². The minimum absolute atomic E-state index is 0.142. The van der Waals surface area contributed by atoms with Crippen LogP contribution in [-0.4, -0.2) is 10.9 Å². The van der Waals surface area contributed by atoms with Gasteiger partial charge in [0.25, 0.3) is 5.91 Å². The largest absolute Gasteiger partial charge is 0.379 e. The monoisotopic (exact) mass is 381 g/mol. The quantitative estimate of drug-likeness (QED) is 0.672. The topological polar surface area (TPSA) is 54.0 Å². The number of hydrogen-bond donors (Lipinski definition) is 2. The number of hydrogen-bond acceptors (Lipinski definition) is 3. The number of halogens is 1. The number of carbonyl (C=O) groups is 1. The maximum atomic E-state index is 12.3. The summed E-state index contributed by atoms with van der Waals surface area (Å²) in [6, 6.07) is 20.8. The zero-order valence-corrected chi connectivity index (χ0v) is 14.5. The summed E-state index contributed by atoms with van der Waals surface area (Å²) < 4.78 is 0.774. The highest BCUT2D eigenvalue weighted by Crippen LogP contribution is 2.19. The zero-order chi connectivity index (χ0) is 16.8. The van der Waals surface area contributed by atoms with Crippen LogP contribution < -0.4 is 10.6 Å². The molecule has 3 rings (SSSR count). The van der Waals surface area contributed by atoms with E-state index in [0.29, 0.717) is 12.1 Å². The van der Waals surface area contributed by atoms with E-state index in [1.807, 2.05) is 60.7 Å². The number of nitrogens with zero attached hydrogens (tertiary/aromatic N) is 1. The van der Waals surface area contributed by atoms with Crippen molar-refractivity contribution in [2.24, 2.45) is 0 Å². The molecule has 0 saturated carbocycles. The Labute approximate surface area is 149 Å². The molecule has 2 N–H and O–H groups in total. The predicted molar refractivity (Wildman–Crippen MR) is 100 cm³/mol. The fourth-order valence-electron chi connectivity index (χ4n) is 2.21. The lowest BCUT2D eigenvalue weighted by Crippen LogP contribution is -2.12. The lowest BCUT2D eigenvalue weighted by atomic mass is 10.2. The van der Waals surface area contributed by atoms with E-state index >= 15 is 0 Å². The van der Waals surface area contributed by atoms with Gasteiger partial charge in [0.05, 0.1) is 17.8 Å². The molecule has 0 aliphatic heterocycles. The fraction of sp³-hybridized carbons (Fsp3) is 0.0526. The van der Waals surface area contributed by atoms with Crippen LogP contribution in [0.25, 0.3) is 0 Å². The fourth-order valence-corrected chi connectivity index (χ4v) is 2.68. The Balaban J connectivity index is 1.60. The van der Waals surface area contributed by atoms with E-state index in [1.165, 1.54) is 0 Å². The van der Waals surface area contributed by atoms with Gasteiger partial charge >= 0.3 is 0 Å². The van der Waals surface area contributed by atoms with Crippen LogP contribution in [0.3, 0.4) is 0 Å². The first-order chi connectivity index (χ1) is 11.7. The second-order valence-electron chi connectivity index (χ2n) is 5.19. The smallest absolute Gasteiger partial charge is 0.256 e. The molecule has 0 spiro atoms. The summed E-state index contributed by atoms with van der Waals surface area (Å²) in [5.41, 5.74) is 3.30. The van der Waals surface area contributed by atoms with Crippen molar-refractivity contribution < 1.29 is 4.79 Å². The number of amides is 1. The van der Waals surface area contributed by atoms with Crippen LogP contribution in [0.5, 0.6) is 0 Å². The lowest BCUT2D eigenvalue weighted by Gasteiger charge is -2.09. The molecule has 4 nitrogen and oxygen atoms in total. The highest BCUT2D eigenvalue weighted by molar-refractivity contribution is 9.10. The second-order valence-corrected chi connectivity index (χ2v) is 6.04. The van der Waals surface area contributed by atoms with Gasteiger partial charge in [-0.1, -0.05) is 18.2 Å². The molecule has 120 valence electrons. The Morgan fingerprint density at radius 1 is 0.917 bits per heavy atom. The maximum Gasteiger partial charge on any atom is 0.256 e. The molecule has 2 aromatic carbocycles. The van der Waals surface area contributed by atoms with Crippen molar-refractivity contribution >= 4 is 33.2 Å². The van der Waals surface area contributed by atoms with Crippen molar-refractivity contribution in [2.45, 2.75) is 6.54 Å². The SMILES string of the molecule is O=C(Nc1ccc(NCc2ccccn2)cc1)c1ccccc1Br. The third kappa shape index (κ3) is 4.20. The van der Waals surface area contributed by atoms with Crippen LogP contribution in [-0.2, 0) is 6.54 Å². The van der Waals surface area contributed by atoms with Crippen molar-refractivity contribution in [3.05, 3.63) is 88.7 Å². The first-order valence-corrected chi connectivity index (χ1v) is 8.31. The average Bonchev–Trinajstić information content (AvgIpc) is 2.62. The van der Waals surface area contributed by atoms with Gasteiger partial charge in [0.15, 0.2) is 0 Å². The van der Waals surface area contributed by atoms with Gasteiger partial charge in [0.2, 0.25) is 0 Å². The van der Waals surface area contributed by atoms with E-state index in [0.717, 1.165) is 21.5 Å². The molecular weight excluding hydrogens is 366 g/mol. The van der Waals surface area contributed by atoms with Crippen molar-refractivity contribution in [3.8, 4) is 0 Å². The first kappa shape index (κ1) is 16.2. The molecule has 0 aliphatic rings. The number of pyridine rings is 1. The molecule has 1 amide bonds. The molecule has 0 bridgehead atoms. The molecule has 1 heterocycles. The van der Waals surface area contributed by atoms with E-state index in [-0.39, 0.29) is 5.91 Å². The van der Waals surface area contributed by atoms with Crippen LogP contribution in [0.15, 0.2) is 77.4 Å². The van der Waals surface area contributed by atoms with Gasteiger partial charge in [-0.2, -0.15) is 0 Å². The standard InChI is InChI=1S/C19H16BrN3O/c20-18-7-2-1-6-17(18)19(24)23-15-10-8-14(9-11-15)22-13-16-5-3-4-12-21-16/h1-12,22H,13H2,(H,23,24). The molecule has 0 saturated heterocycles. The van der Waals surface area contributed by atoms with Gasteiger partial charge in [-0.3, -0.25) is 9.78 Å². The second kappa shape index (κ2) is 7.75. The molecule has 1 aromatic heterocycles. The molecule has 0 radical (unpaired) electrons. The Morgan fingerprint density at radius 2 is 1.62 bits per heavy atom. The van der Waals surface area contributed by atoms with Gasteiger partial charge in [0, 0.05) is 22.0 Å². The maximum absolute atomic E-state index is 12.3. The minimum atomic E-state index is -0.142. The van der Waals surface area contributed by atoms with E-state index in [2.05, 4.69) is 31.5 Å². The number of aromatic nitrogens is 1. The summed E-state index contributed by atoms with van der Waals surface area (Å²) in [5, 5.41) is 6.19. The third-order valence-electron chi connectivity index (χ3n) is 3.46. The Kier molecular flexibility index (Phi) is 5.23. The summed E-state index contributed by atoms with van der Waals surface area (Å²) in [7, 11) is 0. The Bertz CT molecular complexity index is 820. The van der Waals surface area contributed by atoms with Crippen molar-refractivity contribution in [1.82, 2.24) is 4.98 Å². The average molecular weight is 382 g/mol. The number of anilines is 2. The van der Waals surface area contributed by atoms with Crippen molar-refractivity contribution in [1.29, 1.82) is 0 Å². The third-order valence-corrected chi connectivity index (χ3v) is 4.15. The van der Waals surface area contributed by atoms with E-state index in [4.69, 9.17) is 0 Å². The van der Waals surface area contributed by atoms with Crippen LogP contribution in [0.4, 0.5) is 11.4 Å². The molecule has 24 heavy (non-hydrogen) atoms. The predicted octanol–water partition coefficient (Wildman–Crippen LogP) is 4.71. The number of benzene rings is 2. The molecule has 5 heteroatoms.